The largest absolute Gasteiger partial charge is 0.497 e. The molecule has 0 aliphatic carbocycles. The Morgan fingerprint density at radius 1 is 0.885 bits per heavy atom. The number of rotatable bonds is 15. The Morgan fingerprint density at radius 2 is 1.62 bits per heavy atom. The summed E-state index contributed by atoms with van der Waals surface area (Å²) in [6.07, 6.45) is 9.32. The molecule has 52 heavy (non-hydrogen) atoms. The van der Waals surface area contributed by atoms with E-state index in [4.69, 9.17) is 33.2 Å². The van der Waals surface area contributed by atoms with Crippen molar-refractivity contribution in [3.8, 4) is 5.75 Å². The highest BCUT2D eigenvalue weighted by atomic mass is 16.6. The molecule has 4 aliphatic heterocycles. The number of carbonyl (C=O) groups excluding carboxylic acids is 1. The van der Waals surface area contributed by atoms with E-state index in [2.05, 4.69) is 53.0 Å². The number of hydrogen-bond acceptors (Lipinski definition) is 8. The van der Waals surface area contributed by atoms with E-state index in [0.717, 1.165) is 80.2 Å². The maximum Gasteiger partial charge on any atom is 0.311 e. The van der Waals surface area contributed by atoms with Crippen LogP contribution < -0.4 is 4.74 Å². The predicted octanol–water partition coefficient (Wildman–Crippen LogP) is 9.18. The molecule has 1 aromatic rings. The summed E-state index contributed by atoms with van der Waals surface area (Å²) in [5.74, 6) is 1.65. The number of hydrogen-bond donors (Lipinski definition) is 0. The summed E-state index contributed by atoms with van der Waals surface area (Å²) in [7, 11) is 1.69. The van der Waals surface area contributed by atoms with E-state index in [1.54, 1.807) is 7.11 Å². The van der Waals surface area contributed by atoms with Gasteiger partial charge in [0, 0.05) is 12.3 Å². The summed E-state index contributed by atoms with van der Waals surface area (Å²) in [5, 5.41) is 0. The second-order valence-electron chi connectivity index (χ2n) is 17.2. The molecule has 4 unspecified atom stereocenters. The average molecular weight is 725 g/mol. The van der Waals surface area contributed by atoms with E-state index < -0.39 is 5.41 Å². The molecule has 0 amide bonds. The zero-order valence-electron chi connectivity index (χ0n) is 33.4. The number of fused-ring (bicyclic) bond motifs is 1. The lowest BCUT2D eigenvalue weighted by Gasteiger charge is -2.51. The molecule has 8 nitrogen and oxygen atoms in total. The fourth-order valence-electron chi connectivity index (χ4n) is 8.61. The topological polar surface area (TPSA) is 81.7 Å². The smallest absolute Gasteiger partial charge is 0.311 e. The van der Waals surface area contributed by atoms with E-state index >= 15 is 0 Å². The Labute approximate surface area is 314 Å². The highest BCUT2D eigenvalue weighted by Gasteiger charge is 2.50. The highest BCUT2D eigenvalue weighted by Crippen LogP contribution is 2.43. The Hall–Kier alpha value is -2.23. The third-order valence-corrected chi connectivity index (χ3v) is 11.9. The van der Waals surface area contributed by atoms with Crippen LogP contribution in [0.25, 0.3) is 0 Å². The number of methoxy groups -OCH3 is 1. The quantitative estimate of drug-likeness (QED) is 0.101. The van der Waals surface area contributed by atoms with E-state index in [1.807, 2.05) is 32.9 Å². The van der Waals surface area contributed by atoms with Crippen molar-refractivity contribution in [1.82, 2.24) is 0 Å². The van der Waals surface area contributed by atoms with Gasteiger partial charge in [0.2, 0.25) is 0 Å². The van der Waals surface area contributed by atoms with Gasteiger partial charge in [-0.15, -0.1) is 0 Å². The van der Waals surface area contributed by atoms with Crippen LogP contribution in [0.3, 0.4) is 0 Å². The van der Waals surface area contributed by atoms with Gasteiger partial charge < -0.3 is 33.2 Å². The molecule has 0 saturated carbocycles. The van der Waals surface area contributed by atoms with Crippen LogP contribution in [-0.2, 0) is 39.8 Å². The minimum Gasteiger partial charge on any atom is -0.497 e. The van der Waals surface area contributed by atoms with Crippen LogP contribution in [0.1, 0.15) is 118 Å². The SMILES string of the molecule is C=C1C[C@H](CCCOC(=O)C(C)(C)C)OC1CC[C@H]1C[C@@H](C)C(=C)C(C[C@@H]2OC3CC(C)[C@@H](CCC)O[C@H]3[C@H](C)[C@H]2OCc2ccc(OC)cc2)O1. The number of ether oxygens (including phenoxy) is 7. The predicted molar refractivity (Wildman–Crippen MR) is 204 cm³/mol. The Bertz CT molecular complexity index is 1320. The first kappa shape index (κ1) is 40.9. The van der Waals surface area contributed by atoms with Gasteiger partial charge in [0.1, 0.15) is 5.75 Å². The molecule has 4 fully saturated rings. The lowest BCUT2D eigenvalue weighted by Crippen LogP contribution is -2.59. The van der Waals surface area contributed by atoms with Crippen molar-refractivity contribution >= 4 is 5.97 Å². The molecule has 4 aliphatic rings. The molecule has 1 aromatic carbocycles. The minimum absolute atomic E-state index is 0.00820. The first-order valence-corrected chi connectivity index (χ1v) is 20.2. The van der Waals surface area contributed by atoms with Gasteiger partial charge in [-0.1, -0.05) is 59.4 Å². The molecule has 12 atom stereocenters. The molecule has 0 spiro atoms. The van der Waals surface area contributed by atoms with E-state index in [-0.39, 0.29) is 66.8 Å². The monoisotopic (exact) mass is 724 g/mol. The number of esters is 1. The van der Waals surface area contributed by atoms with Crippen LogP contribution in [0.15, 0.2) is 48.6 Å². The highest BCUT2D eigenvalue weighted by molar-refractivity contribution is 5.75. The molecule has 292 valence electrons. The summed E-state index contributed by atoms with van der Waals surface area (Å²) in [5.41, 5.74) is 2.92. The van der Waals surface area contributed by atoms with Crippen molar-refractivity contribution in [2.45, 2.75) is 174 Å². The van der Waals surface area contributed by atoms with Gasteiger partial charge in [0.05, 0.1) is 80.7 Å². The summed E-state index contributed by atoms with van der Waals surface area (Å²) in [6.45, 7) is 24.6. The van der Waals surface area contributed by atoms with E-state index in [9.17, 15) is 4.79 Å². The molecule has 8 heteroatoms. The molecule has 0 bridgehead atoms. The average Bonchev–Trinajstić information content (AvgIpc) is 3.46. The third kappa shape index (κ3) is 10.5. The van der Waals surface area contributed by atoms with Crippen LogP contribution in [0.5, 0.6) is 5.75 Å². The second-order valence-corrected chi connectivity index (χ2v) is 17.2. The van der Waals surface area contributed by atoms with Gasteiger partial charge in [0.25, 0.3) is 0 Å². The van der Waals surface area contributed by atoms with Gasteiger partial charge in [-0.25, -0.2) is 0 Å². The van der Waals surface area contributed by atoms with Crippen LogP contribution >= 0.6 is 0 Å². The van der Waals surface area contributed by atoms with Gasteiger partial charge in [-0.3, -0.25) is 4.79 Å². The fraction of sp³-hybridized carbons (Fsp3) is 0.750. The zero-order valence-corrected chi connectivity index (χ0v) is 33.4. The Balaban J connectivity index is 1.19. The molecule has 0 aromatic heterocycles. The molecule has 0 radical (unpaired) electrons. The van der Waals surface area contributed by atoms with Gasteiger partial charge in [0.15, 0.2) is 0 Å². The summed E-state index contributed by atoms with van der Waals surface area (Å²) >= 11 is 0. The molecular formula is C44H68O8. The molecule has 5 rings (SSSR count). The fourth-order valence-corrected chi connectivity index (χ4v) is 8.61. The standard InChI is InChI=1S/C44H68O8/c1-11-13-36-29(4)24-39-42(52-36)31(6)41(48-26-32-15-17-33(46-10)18-16-32)40(51-39)25-38-30(5)27(2)22-35(50-38)19-20-37-28(3)23-34(49-37)14-12-21-47-43(45)44(7,8)9/h15-18,27,29,31,34-42H,3,5,11-14,19-26H2,1-2,4,6-10H3/t27-,29?,31-,34+,35+,36-,37?,38?,39?,40+,41-,42+/m1/s1. The minimum atomic E-state index is -0.479. The van der Waals surface area contributed by atoms with E-state index in [0.29, 0.717) is 31.5 Å². The normalized spacial score (nSPS) is 35.3. The molecule has 4 heterocycles. The van der Waals surface area contributed by atoms with Crippen LogP contribution in [0.2, 0.25) is 0 Å². The maximum absolute atomic E-state index is 12.1. The lowest BCUT2D eigenvalue weighted by molar-refractivity contribution is -0.269. The summed E-state index contributed by atoms with van der Waals surface area (Å²) in [4.78, 5) is 12.1. The van der Waals surface area contributed by atoms with Crippen molar-refractivity contribution in [3.05, 3.63) is 54.1 Å². The van der Waals surface area contributed by atoms with Crippen molar-refractivity contribution in [2.75, 3.05) is 13.7 Å². The summed E-state index contributed by atoms with van der Waals surface area (Å²) < 4.78 is 44.8. The third-order valence-electron chi connectivity index (χ3n) is 11.9. The van der Waals surface area contributed by atoms with Crippen molar-refractivity contribution < 1.29 is 38.0 Å². The number of benzene rings is 1. The molecular weight excluding hydrogens is 656 g/mol. The van der Waals surface area contributed by atoms with Gasteiger partial charge in [-0.05, 0) is 113 Å². The number of carbonyl (C=O) groups is 1. The zero-order chi connectivity index (χ0) is 37.6. The van der Waals surface area contributed by atoms with Crippen LogP contribution in [-0.4, -0.2) is 74.6 Å². The first-order chi connectivity index (χ1) is 24.8. The summed E-state index contributed by atoms with van der Waals surface area (Å²) in [6, 6.07) is 8.09. The second kappa shape index (κ2) is 18.4. The Morgan fingerprint density at radius 3 is 2.31 bits per heavy atom. The molecule has 4 saturated heterocycles. The first-order valence-electron chi connectivity index (χ1n) is 20.2. The molecule has 0 N–H and O–H groups in total. The lowest BCUT2D eigenvalue weighted by atomic mass is 9.78. The van der Waals surface area contributed by atoms with Crippen molar-refractivity contribution in [2.24, 2.45) is 23.2 Å². The Kier molecular flexibility index (Phi) is 14.5. The van der Waals surface area contributed by atoms with Crippen LogP contribution in [0.4, 0.5) is 0 Å². The van der Waals surface area contributed by atoms with Gasteiger partial charge >= 0.3 is 5.97 Å². The van der Waals surface area contributed by atoms with E-state index in [1.165, 1.54) is 0 Å². The van der Waals surface area contributed by atoms with Crippen molar-refractivity contribution in [1.29, 1.82) is 0 Å². The maximum atomic E-state index is 12.1. The van der Waals surface area contributed by atoms with Crippen LogP contribution in [0, 0.1) is 23.2 Å². The van der Waals surface area contributed by atoms with Gasteiger partial charge in [-0.2, -0.15) is 0 Å². The van der Waals surface area contributed by atoms with Crippen molar-refractivity contribution in [3.63, 3.8) is 0 Å².